The molecule has 1 aromatic heterocycles. The smallest absolute Gasteiger partial charge is 0.416 e. The number of hydrogen-bond acceptors (Lipinski definition) is 4. The van der Waals surface area contributed by atoms with Crippen LogP contribution in [-0.2, 0) is 6.18 Å². The maximum Gasteiger partial charge on any atom is 0.416 e. The van der Waals surface area contributed by atoms with Crippen molar-refractivity contribution in [2.24, 2.45) is 0 Å². The number of fused-ring (bicyclic) bond motifs is 1. The van der Waals surface area contributed by atoms with Gasteiger partial charge in [0.25, 0.3) is 0 Å². The lowest BCUT2D eigenvalue weighted by molar-refractivity contribution is -0.137. The van der Waals surface area contributed by atoms with Crippen LogP contribution in [0.2, 0.25) is 0 Å². The van der Waals surface area contributed by atoms with Gasteiger partial charge in [0.2, 0.25) is 5.89 Å². The average Bonchev–Trinajstić information content (AvgIpc) is 3.18. The Morgan fingerprint density at radius 1 is 0.871 bits per heavy atom. The summed E-state index contributed by atoms with van der Waals surface area (Å²) in [5.74, 6) is 2.45. The van der Waals surface area contributed by atoms with E-state index in [1.165, 1.54) is 12.1 Å². The number of aromatic nitrogens is 1. The van der Waals surface area contributed by atoms with Crippen LogP contribution < -0.4 is 9.47 Å². The zero-order valence-corrected chi connectivity index (χ0v) is 16.9. The lowest BCUT2D eigenvalue weighted by Gasteiger charge is -2.08. The highest BCUT2D eigenvalue weighted by Crippen LogP contribution is 2.33. The van der Waals surface area contributed by atoms with Crippen molar-refractivity contribution in [1.82, 2.24) is 4.98 Å². The van der Waals surface area contributed by atoms with E-state index in [2.05, 4.69) is 4.98 Å². The Balaban J connectivity index is 1.49. The Hall–Kier alpha value is -3.19. The van der Waals surface area contributed by atoms with E-state index in [-0.39, 0.29) is 0 Å². The molecule has 0 saturated heterocycles. The van der Waals surface area contributed by atoms with E-state index < -0.39 is 11.7 Å². The first-order chi connectivity index (χ1) is 14.9. The van der Waals surface area contributed by atoms with Crippen molar-refractivity contribution in [2.75, 3.05) is 12.5 Å². The second kappa shape index (κ2) is 8.89. The molecule has 0 spiro atoms. The molecular weight excluding hydrogens is 431 g/mol. The van der Waals surface area contributed by atoms with Crippen molar-refractivity contribution in [3.05, 3.63) is 72.3 Å². The third-order valence-corrected chi connectivity index (χ3v) is 4.69. The molecule has 4 rings (SSSR count). The van der Waals surface area contributed by atoms with Crippen LogP contribution in [0.5, 0.6) is 17.2 Å². The minimum Gasteiger partial charge on any atom is -0.494 e. The summed E-state index contributed by atoms with van der Waals surface area (Å²) in [5.41, 5.74) is 1.19. The Morgan fingerprint density at radius 3 is 2.23 bits per heavy atom. The van der Waals surface area contributed by atoms with Crippen molar-refractivity contribution in [2.45, 2.75) is 12.6 Å². The Bertz CT molecular complexity index is 1160. The molecule has 0 aliphatic rings. The molecule has 0 fully saturated rings. The van der Waals surface area contributed by atoms with Crippen LogP contribution >= 0.6 is 11.6 Å². The highest BCUT2D eigenvalue weighted by Gasteiger charge is 2.30. The summed E-state index contributed by atoms with van der Waals surface area (Å²) in [6, 6.07) is 16.9. The first-order valence-corrected chi connectivity index (χ1v) is 10.0. The Morgan fingerprint density at radius 2 is 1.55 bits per heavy atom. The average molecular weight is 448 g/mol. The van der Waals surface area contributed by atoms with Gasteiger partial charge in [-0.1, -0.05) is 0 Å². The minimum absolute atomic E-state index is 0.292. The van der Waals surface area contributed by atoms with E-state index >= 15 is 0 Å². The Kier molecular flexibility index (Phi) is 6.04. The molecule has 160 valence electrons. The molecule has 3 aromatic carbocycles. The van der Waals surface area contributed by atoms with E-state index in [1.54, 1.807) is 18.2 Å². The molecule has 0 unspecified atom stereocenters. The fourth-order valence-corrected chi connectivity index (χ4v) is 2.99. The molecule has 31 heavy (non-hydrogen) atoms. The van der Waals surface area contributed by atoms with Crippen LogP contribution in [0, 0.1) is 0 Å². The predicted octanol–water partition coefficient (Wildman–Crippen LogP) is 7.31. The van der Waals surface area contributed by atoms with Crippen molar-refractivity contribution < 1.29 is 27.1 Å². The van der Waals surface area contributed by atoms with Gasteiger partial charge in [0.05, 0.1) is 12.2 Å². The number of alkyl halides is 4. The SMILES string of the molecule is FC(F)(F)c1ccc(Oc2ccc3oc(-c4ccc(OCCCCl)cc4)nc3c2)cc1. The van der Waals surface area contributed by atoms with E-state index in [4.69, 9.17) is 25.5 Å². The van der Waals surface area contributed by atoms with E-state index in [1.807, 2.05) is 24.3 Å². The molecule has 1 heterocycles. The van der Waals surface area contributed by atoms with Crippen LogP contribution in [0.4, 0.5) is 13.2 Å². The van der Waals surface area contributed by atoms with E-state index in [0.717, 1.165) is 29.9 Å². The number of halogens is 4. The topological polar surface area (TPSA) is 44.5 Å². The first-order valence-electron chi connectivity index (χ1n) is 9.47. The van der Waals surface area contributed by atoms with Gasteiger partial charge < -0.3 is 13.9 Å². The highest BCUT2D eigenvalue weighted by atomic mass is 35.5. The van der Waals surface area contributed by atoms with Crippen LogP contribution in [0.25, 0.3) is 22.6 Å². The molecule has 0 N–H and O–H groups in total. The maximum absolute atomic E-state index is 12.7. The normalized spacial score (nSPS) is 11.6. The summed E-state index contributed by atoms with van der Waals surface area (Å²) in [6.07, 6.45) is -3.62. The number of ether oxygens (including phenoxy) is 2. The molecule has 8 heteroatoms. The summed E-state index contributed by atoms with van der Waals surface area (Å²) in [6.45, 7) is 0.549. The van der Waals surface area contributed by atoms with Gasteiger partial charge in [-0.05, 0) is 67.1 Å². The monoisotopic (exact) mass is 447 g/mol. The van der Waals surface area contributed by atoms with Gasteiger partial charge in [-0.3, -0.25) is 0 Å². The van der Waals surface area contributed by atoms with Crippen molar-refractivity contribution in [3.63, 3.8) is 0 Å². The molecule has 0 saturated carbocycles. The van der Waals surface area contributed by atoms with Crippen molar-refractivity contribution in [1.29, 1.82) is 0 Å². The second-order valence-corrected chi connectivity index (χ2v) is 7.07. The van der Waals surface area contributed by atoms with Gasteiger partial charge in [0.15, 0.2) is 5.58 Å². The van der Waals surface area contributed by atoms with Crippen molar-refractivity contribution >= 4 is 22.7 Å². The van der Waals surface area contributed by atoms with Gasteiger partial charge >= 0.3 is 6.18 Å². The third kappa shape index (κ3) is 5.11. The molecule has 0 atom stereocenters. The maximum atomic E-state index is 12.7. The molecule has 4 nitrogen and oxygen atoms in total. The number of benzene rings is 3. The zero-order valence-electron chi connectivity index (χ0n) is 16.2. The number of hydrogen-bond donors (Lipinski definition) is 0. The zero-order chi connectivity index (χ0) is 21.8. The number of nitrogens with zero attached hydrogens (tertiary/aromatic N) is 1. The summed E-state index contributed by atoms with van der Waals surface area (Å²) < 4.78 is 55.1. The van der Waals surface area contributed by atoms with Gasteiger partial charge in [-0.15, -0.1) is 11.6 Å². The van der Waals surface area contributed by atoms with Gasteiger partial charge in [0, 0.05) is 17.5 Å². The summed E-state index contributed by atoms with van der Waals surface area (Å²) >= 11 is 5.64. The Labute approximate surface area is 181 Å². The predicted molar refractivity (Wildman–Crippen MR) is 112 cm³/mol. The molecular formula is C23H17ClF3NO3. The molecule has 4 aromatic rings. The van der Waals surface area contributed by atoms with Crippen LogP contribution in [0.15, 0.2) is 71.1 Å². The van der Waals surface area contributed by atoms with Gasteiger partial charge in [-0.2, -0.15) is 13.2 Å². The second-order valence-electron chi connectivity index (χ2n) is 6.69. The number of oxazole rings is 1. The van der Waals surface area contributed by atoms with Gasteiger partial charge in [-0.25, -0.2) is 4.98 Å². The fraction of sp³-hybridized carbons (Fsp3) is 0.174. The van der Waals surface area contributed by atoms with Crippen molar-refractivity contribution in [3.8, 4) is 28.7 Å². The van der Waals surface area contributed by atoms with Crippen LogP contribution in [0.1, 0.15) is 12.0 Å². The lowest BCUT2D eigenvalue weighted by Crippen LogP contribution is -2.03. The van der Waals surface area contributed by atoms with E-state index in [0.29, 0.717) is 41.0 Å². The third-order valence-electron chi connectivity index (χ3n) is 4.42. The highest BCUT2D eigenvalue weighted by molar-refractivity contribution is 6.17. The molecule has 0 amide bonds. The van der Waals surface area contributed by atoms with Crippen LogP contribution in [0.3, 0.4) is 0 Å². The first kappa shape index (κ1) is 21.1. The standard InChI is InChI=1S/C23H17ClF3NO3/c24-12-1-13-29-17-6-2-15(3-7-17)22-28-20-14-19(10-11-21(20)31-22)30-18-8-4-16(5-9-18)23(25,26)27/h2-11,14H,1,12-13H2. The van der Waals surface area contributed by atoms with E-state index in [9.17, 15) is 13.2 Å². The molecule has 0 aliphatic carbocycles. The summed E-state index contributed by atoms with van der Waals surface area (Å²) in [7, 11) is 0. The molecule has 0 aliphatic heterocycles. The summed E-state index contributed by atoms with van der Waals surface area (Å²) in [4.78, 5) is 4.48. The lowest BCUT2D eigenvalue weighted by atomic mass is 10.2. The molecule has 0 bridgehead atoms. The molecule has 0 radical (unpaired) electrons. The van der Waals surface area contributed by atoms with Gasteiger partial charge in [0.1, 0.15) is 22.8 Å². The largest absolute Gasteiger partial charge is 0.494 e. The fourth-order valence-electron chi connectivity index (χ4n) is 2.88. The summed E-state index contributed by atoms with van der Waals surface area (Å²) in [5, 5.41) is 0. The minimum atomic E-state index is -4.39. The number of rotatable bonds is 7. The quantitative estimate of drug-likeness (QED) is 0.220. The van der Waals surface area contributed by atoms with Crippen LogP contribution in [-0.4, -0.2) is 17.5 Å².